The van der Waals surface area contributed by atoms with Crippen molar-refractivity contribution in [2.24, 2.45) is 0 Å². The van der Waals surface area contributed by atoms with Crippen molar-refractivity contribution >= 4 is 33.2 Å². The van der Waals surface area contributed by atoms with Gasteiger partial charge in [-0.2, -0.15) is 0 Å². The van der Waals surface area contributed by atoms with E-state index in [1.54, 1.807) is 6.92 Å². The number of non-ortho nitro benzene ring substituents is 1. The Bertz CT molecular complexity index is 654. The van der Waals surface area contributed by atoms with Crippen molar-refractivity contribution in [3.63, 3.8) is 0 Å². The Hall–Kier alpha value is -2.55. The van der Waals surface area contributed by atoms with Crippen LogP contribution in [0, 0.1) is 17.0 Å². The molecule has 0 bridgehead atoms. The van der Waals surface area contributed by atoms with E-state index < -0.39 is 10.8 Å². The Kier molecular flexibility index (Phi) is 3.38. The van der Waals surface area contributed by atoms with Gasteiger partial charge in [0.15, 0.2) is 0 Å². The maximum Gasteiger partial charge on any atom is 0.269 e. The second-order valence-corrected chi connectivity index (χ2v) is 4.67. The van der Waals surface area contributed by atoms with Crippen molar-refractivity contribution in [1.82, 2.24) is 10.2 Å². The molecule has 0 aliphatic carbocycles. The minimum Gasteiger partial charge on any atom is -0.374 e. The third-order valence-corrected chi connectivity index (χ3v) is 2.99. The van der Waals surface area contributed by atoms with Crippen LogP contribution in [0.25, 0.3) is 0 Å². The van der Waals surface area contributed by atoms with Crippen LogP contribution in [0.5, 0.6) is 0 Å². The van der Waals surface area contributed by atoms with Gasteiger partial charge >= 0.3 is 0 Å². The first-order chi connectivity index (χ1) is 8.97. The first kappa shape index (κ1) is 12.9. The Morgan fingerprint density at radius 1 is 1.47 bits per heavy atom. The average molecular weight is 279 g/mol. The van der Waals surface area contributed by atoms with Gasteiger partial charge in [-0.15, -0.1) is 10.2 Å². The normalized spacial score (nSPS) is 10.2. The number of nitrogens with one attached hydrogen (secondary N) is 1. The number of amides is 1. The van der Waals surface area contributed by atoms with E-state index in [4.69, 9.17) is 5.73 Å². The molecule has 3 N–H and O–H groups in total. The summed E-state index contributed by atoms with van der Waals surface area (Å²) in [7, 11) is 0. The number of carbonyl (C=O) groups is 1. The highest BCUT2D eigenvalue weighted by Gasteiger charge is 2.15. The standard InChI is InChI=1S/C10H9N5O3S/c1-5-4-6(15(17)18)2-3-7(5)8(16)12-10-14-13-9(11)19-10/h2-4H,1H3,(H2,11,13)(H,12,14,16). The molecule has 2 aromatic rings. The summed E-state index contributed by atoms with van der Waals surface area (Å²) in [6.07, 6.45) is 0. The predicted molar refractivity (Wildman–Crippen MR) is 70.1 cm³/mol. The van der Waals surface area contributed by atoms with Gasteiger partial charge in [-0.1, -0.05) is 11.3 Å². The molecule has 1 aromatic heterocycles. The highest BCUT2D eigenvalue weighted by molar-refractivity contribution is 7.19. The monoisotopic (exact) mass is 279 g/mol. The van der Waals surface area contributed by atoms with E-state index in [0.29, 0.717) is 11.1 Å². The zero-order chi connectivity index (χ0) is 14.0. The number of benzene rings is 1. The van der Waals surface area contributed by atoms with E-state index in [0.717, 1.165) is 11.3 Å². The van der Waals surface area contributed by atoms with Gasteiger partial charge in [0.1, 0.15) is 0 Å². The number of nitro groups is 1. The summed E-state index contributed by atoms with van der Waals surface area (Å²) in [5, 5.41) is 20.9. The lowest BCUT2D eigenvalue weighted by Gasteiger charge is -2.04. The van der Waals surface area contributed by atoms with Crippen LogP contribution in [0.15, 0.2) is 18.2 Å². The first-order valence-corrected chi connectivity index (χ1v) is 5.94. The molecule has 19 heavy (non-hydrogen) atoms. The molecule has 0 saturated heterocycles. The first-order valence-electron chi connectivity index (χ1n) is 5.13. The Morgan fingerprint density at radius 3 is 2.74 bits per heavy atom. The third kappa shape index (κ3) is 2.83. The summed E-state index contributed by atoms with van der Waals surface area (Å²) in [6, 6.07) is 4.01. The molecule has 0 atom stereocenters. The SMILES string of the molecule is Cc1cc([N+](=O)[O-])ccc1C(=O)Nc1nnc(N)s1. The van der Waals surface area contributed by atoms with Gasteiger partial charge < -0.3 is 5.73 Å². The van der Waals surface area contributed by atoms with Crippen LogP contribution >= 0.6 is 11.3 Å². The molecular weight excluding hydrogens is 270 g/mol. The fourth-order valence-corrected chi connectivity index (χ4v) is 1.97. The molecule has 0 radical (unpaired) electrons. The van der Waals surface area contributed by atoms with Crippen LogP contribution in [-0.4, -0.2) is 21.0 Å². The Labute approximate surface area is 111 Å². The van der Waals surface area contributed by atoms with Crippen molar-refractivity contribution in [2.45, 2.75) is 6.92 Å². The Morgan fingerprint density at radius 2 is 2.21 bits per heavy atom. The minimum atomic E-state index is -0.514. The summed E-state index contributed by atoms with van der Waals surface area (Å²) in [5.41, 5.74) is 6.17. The lowest BCUT2D eigenvalue weighted by atomic mass is 10.1. The van der Waals surface area contributed by atoms with Crippen molar-refractivity contribution in [2.75, 3.05) is 11.1 Å². The van der Waals surface area contributed by atoms with Gasteiger partial charge in [0.2, 0.25) is 10.3 Å². The summed E-state index contributed by atoms with van der Waals surface area (Å²) in [5.74, 6) is -0.413. The van der Waals surface area contributed by atoms with Crippen LogP contribution in [0.3, 0.4) is 0 Å². The molecule has 1 aromatic carbocycles. The predicted octanol–water partition coefficient (Wildman–Crippen LogP) is 1.59. The molecule has 0 unspecified atom stereocenters. The van der Waals surface area contributed by atoms with E-state index in [2.05, 4.69) is 15.5 Å². The van der Waals surface area contributed by atoms with Crippen LogP contribution in [0.1, 0.15) is 15.9 Å². The van der Waals surface area contributed by atoms with Crippen LogP contribution < -0.4 is 11.1 Å². The highest BCUT2D eigenvalue weighted by atomic mass is 32.1. The van der Waals surface area contributed by atoms with Crippen LogP contribution in [-0.2, 0) is 0 Å². The highest BCUT2D eigenvalue weighted by Crippen LogP contribution is 2.20. The fraction of sp³-hybridized carbons (Fsp3) is 0.100. The molecule has 8 nitrogen and oxygen atoms in total. The molecule has 98 valence electrons. The summed E-state index contributed by atoms with van der Waals surface area (Å²) in [6.45, 7) is 1.62. The molecule has 0 aliphatic rings. The minimum absolute atomic E-state index is 0.0609. The molecular formula is C10H9N5O3S. The molecule has 0 saturated carbocycles. The maximum absolute atomic E-state index is 11.9. The van der Waals surface area contributed by atoms with Crippen molar-refractivity contribution in [3.8, 4) is 0 Å². The molecule has 1 amide bonds. The average Bonchev–Trinajstić information content (AvgIpc) is 2.74. The molecule has 1 heterocycles. The smallest absolute Gasteiger partial charge is 0.269 e. The number of nitrogens with two attached hydrogens (primary N) is 1. The van der Waals surface area contributed by atoms with E-state index in [9.17, 15) is 14.9 Å². The molecule has 9 heteroatoms. The molecule has 0 fully saturated rings. The topological polar surface area (TPSA) is 124 Å². The van der Waals surface area contributed by atoms with Gasteiger partial charge in [-0.25, -0.2) is 0 Å². The van der Waals surface area contributed by atoms with Gasteiger partial charge in [0.05, 0.1) is 4.92 Å². The summed E-state index contributed by atoms with van der Waals surface area (Å²) in [4.78, 5) is 22.0. The van der Waals surface area contributed by atoms with Gasteiger partial charge in [0.25, 0.3) is 11.6 Å². The molecule has 2 rings (SSSR count). The summed E-state index contributed by atoms with van der Waals surface area (Å²) >= 11 is 1.04. The van der Waals surface area contributed by atoms with Gasteiger partial charge in [-0.05, 0) is 18.6 Å². The number of hydrogen-bond donors (Lipinski definition) is 2. The number of aryl methyl sites for hydroxylation is 1. The molecule has 0 spiro atoms. The number of anilines is 2. The third-order valence-electron chi connectivity index (χ3n) is 2.33. The number of carbonyl (C=O) groups excluding carboxylic acids is 1. The van der Waals surface area contributed by atoms with E-state index >= 15 is 0 Å². The number of aromatic nitrogens is 2. The number of nitrogens with zero attached hydrogens (tertiary/aromatic N) is 3. The quantitative estimate of drug-likeness (QED) is 0.649. The zero-order valence-corrected chi connectivity index (χ0v) is 10.6. The van der Waals surface area contributed by atoms with Crippen molar-refractivity contribution in [3.05, 3.63) is 39.4 Å². The van der Waals surface area contributed by atoms with Crippen molar-refractivity contribution in [1.29, 1.82) is 0 Å². The molecule has 0 aliphatic heterocycles. The van der Waals surface area contributed by atoms with E-state index in [1.165, 1.54) is 18.2 Å². The lowest BCUT2D eigenvalue weighted by molar-refractivity contribution is -0.384. The van der Waals surface area contributed by atoms with E-state index in [1.807, 2.05) is 0 Å². The lowest BCUT2D eigenvalue weighted by Crippen LogP contribution is -2.13. The number of nitro benzene ring substituents is 1. The van der Waals surface area contributed by atoms with Crippen molar-refractivity contribution < 1.29 is 9.72 Å². The van der Waals surface area contributed by atoms with Gasteiger partial charge in [-0.3, -0.25) is 20.2 Å². The number of rotatable bonds is 3. The number of hydrogen-bond acceptors (Lipinski definition) is 7. The maximum atomic E-state index is 11.9. The van der Waals surface area contributed by atoms with E-state index in [-0.39, 0.29) is 16.0 Å². The second-order valence-electron chi connectivity index (χ2n) is 3.66. The van der Waals surface area contributed by atoms with Gasteiger partial charge in [0, 0.05) is 17.7 Å². The zero-order valence-electron chi connectivity index (χ0n) is 9.78. The second kappa shape index (κ2) is 4.98. The van der Waals surface area contributed by atoms with Crippen LogP contribution in [0.2, 0.25) is 0 Å². The Balaban J connectivity index is 2.22. The summed E-state index contributed by atoms with van der Waals surface area (Å²) < 4.78 is 0. The largest absolute Gasteiger partial charge is 0.374 e. The fourth-order valence-electron chi connectivity index (χ4n) is 1.47. The number of nitrogen functional groups attached to an aromatic ring is 1. The van der Waals surface area contributed by atoms with Crippen LogP contribution in [0.4, 0.5) is 16.0 Å².